The second-order valence-electron chi connectivity index (χ2n) is 35.7. The van der Waals surface area contributed by atoms with E-state index in [1.54, 1.807) is 6.07 Å². The predicted octanol–water partition coefficient (Wildman–Crippen LogP) is 3.55. The Balaban J connectivity index is 0.958. The number of rotatable bonds is 26. The Hall–Kier alpha value is -10.6. The van der Waals surface area contributed by atoms with Crippen LogP contribution < -0.4 is 83.2 Å². The summed E-state index contributed by atoms with van der Waals surface area (Å²) in [6, 6.07) is 4.11. The maximum Gasteiger partial charge on any atom is 0.257 e. The normalized spacial score (nSPS) is 29.4. The Labute approximate surface area is 770 Å². The van der Waals surface area contributed by atoms with Crippen LogP contribution in [0.1, 0.15) is 167 Å². The maximum atomic E-state index is 16.8. The van der Waals surface area contributed by atoms with Gasteiger partial charge in [0.15, 0.2) is 23.9 Å². The number of likely N-dealkylation sites (N-methyl/N-ethyl adjacent to an activating group) is 3. The monoisotopic (exact) mass is 1870 g/mol. The fraction of sp³-hybridized carbons (Fsp3) is 0.511. The number of nitrogens with one attached hydrogen (secondary N) is 11. The molecular formula is C92H114Cl2N12O26. The molecule has 6 fully saturated rings. The van der Waals surface area contributed by atoms with Crippen LogP contribution in [-0.2, 0) is 63.9 Å². The lowest BCUT2D eigenvalue weighted by Crippen LogP contribution is -2.64. The first-order chi connectivity index (χ1) is 63.0. The molecule has 11 aliphatic rings. The largest absolute Gasteiger partial charge is 0.508 e. The third kappa shape index (κ3) is 21.9. The Morgan fingerprint density at radius 1 is 0.659 bits per heavy atom. The second-order valence-corrected chi connectivity index (χ2v) is 36.5. The van der Waals surface area contributed by atoms with Crippen molar-refractivity contribution in [2.24, 2.45) is 35.3 Å². The van der Waals surface area contributed by atoms with E-state index in [9.17, 15) is 55.5 Å². The highest BCUT2D eigenvalue weighted by Gasteiger charge is 2.53. The molecule has 4 saturated carbocycles. The van der Waals surface area contributed by atoms with E-state index < -0.39 is 227 Å². The molecule has 22 N–H and O–H groups in total. The van der Waals surface area contributed by atoms with Gasteiger partial charge < -0.3 is 143 Å². The van der Waals surface area contributed by atoms with Crippen LogP contribution in [0.2, 0.25) is 10.0 Å². The average Bonchev–Trinajstić information content (AvgIpc) is 0.827. The lowest BCUT2D eigenvalue weighted by Gasteiger charge is -2.54. The molecule has 4 aliphatic carbocycles. The Bertz CT molecular complexity index is 5280. The molecule has 712 valence electrons. The number of ether oxygens (including phenoxy) is 8. The number of imide groups is 1. The van der Waals surface area contributed by atoms with E-state index in [0.29, 0.717) is 43.6 Å². The smallest absolute Gasteiger partial charge is 0.257 e. The number of benzene rings is 6. The number of carbonyl (C=O) groups is 9. The number of hydrogen-bond donors (Lipinski definition) is 21. The molecular weight excluding hydrogens is 1760 g/mol. The first-order valence-electron chi connectivity index (χ1n) is 44.3. The number of aromatic hydroxyl groups is 3. The summed E-state index contributed by atoms with van der Waals surface area (Å²) in [6.45, 7) is 12.0. The van der Waals surface area contributed by atoms with Gasteiger partial charge in [-0.25, -0.2) is 0 Å². The highest BCUT2D eigenvalue weighted by Crippen LogP contribution is 2.55. The van der Waals surface area contributed by atoms with Crippen molar-refractivity contribution in [3.63, 3.8) is 0 Å². The highest BCUT2D eigenvalue weighted by molar-refractivity contribution is 6.32. The molecule has 6 aromatic carbocycles. The quantitative estimate of drug-likeness (QED) is 0.0345. The number of phenolic OH excluding ortho intramolecular Hbond substituents is 3. The number of aliphatic hydroxyl groups is 6. The standard InChI is InChI=1S/C92H114Cl2N12O26/c1-8-97-16-18-125-39-44-26-51(28-53(27-44)126-19-17-98-9-2)83(117)100-67(111)36-59-85(119)102-72-50-32-64(128-62-14-11-46(30-56(62)93)76(112)74(89(123)99-59)105-84(118)58(96-7)20-40(3)4)80(132-91-81(79(115)78(114)66(38-107)130-91)131-68-37-92(6,95)82(116)41(5)127-68)65(33-50)129-63-15-12-47(31-57(63)94)77(113)75-90(124)104-73(88(122)101-70-48-22-42-21-43(24-48)25-49(70)23-42)55-34-52(108)35-61(110)69(55)54-29-45(10-13-60(54)109)71(86(120)106-75)103-87(72)121/h10-15,26-35,40-43,48-49,58-59,66,68,70-79,81-82,91,96-98,107-110,112-116H,8-9,16-25,36-39,95H2,1-7H3,(H,99,123)(H,101,122)(H,102,119)(H,103,121)(H,104,124)(H,105,118)(H,106,120)(H,100,111,117)/t41-,42?,43?,48?,49?,58+,59-,66+,68-,70?,71+,72+,73-,74+,75-,76+,77+,78+,79-,81+,82+,91-,92-/m0/s1. The zero-order chi connectivity index (χ0) is 94.6. The van der Waals surface area contributed by atoms with Crippen molar-refractivity contribution in [3.05, 3.63) is 146 Å². The van der Waals surface area contributed by atoms with Gasteiger partial charge in [-0.2, -0.15) is 0 Å². The molecule has 18 atom stereocenters. The lowest BCUT2D eigenvalue weighted by atomic mass is 9.54. The zero-order valence-corrected chi connectivity index (χ0v) is 75.1. The number of aliphatic hydroxyl groups excluding tert-OH is 6. The number of amides is 9. The average molecular weight is 1870 g/mol. The van der Waals surface area contributed by atoms with Gasteiger partial charge in [-0.1, -0.05) is 69.1 Å². The van der Waals surface area contributed by atoms with Crippen LogP contribution in [0.5, 0.6) is 51.7 Å². The van der Waals surface area contributed by atoms with Crippen LogP contribution in [0.4, 0.5) is 0 Å². The summed E-state index contributed by atoms with van der Waals surface area (Å²) < 4.78 is 51.2. The summed E-state index contributed by atoms with van der Waals surface area (Å²) >= 11 is 14.6. The number of hydrogen-bond acceptors (Lipinski definition) is 30. The minimum absolute atomic E-state index is 0.0316. The molecule has 0 aromatic heterocycles. The number of nitrogens with two attached hydrogens (primary N) is 1. The van der Waals surface area contributed by atoms with E-state index in [4.69, 9.17) is 66.8 Å². The van der Waals surface area contributed by atoms with Gasteiger partial charge in [0.2, 0.25) is 59.3 Å². The molecule has 6 aromatic rings. The summed E-state index contributed by atoms with van der Waals surface area (Å²) in [4.78, 5) is 141. The SMILES string of the molecule is CCNCCOCc1cc(OCCNCC)cc(C(=O)NC(=O)C[C@@H]2NC(=O)[C@H](NC(=O)[C@@H](CC(C)C)NC)[C@H](O)c3ccc(c(Cl)c3)Oc3cc4cc(c3O[C@@H]3O[C@H](CO)[C@@H](O)[C@H](O)[C@H]3O[C@H]3C[C@](C)(N)[C@H](O)[C@H](C)O3)Oc3ccc(cc3Cl)[C@@H](O)[C@@H]3NC(=O)[C@H](NC(=O)[C@@H]4NC2=O)c2ccc(O)c(c2)-c2c(O)cc(O)cc2[C@@H](C(=O)NC2C4CC5CC(C4)CC2C5)NC3=O)c1. The van der Waals surface area contributed by atoms with Gasteiger partial charge in [-0.15, -0.1) is 0 Å². The van der Waals surface area contributed by atoms with Crippen LogP contribution >= 0.6 is 23.2 Å². The van der Waals surface area contributed by atoms with E-state index in [-0.39, 0.29) is 112 Å². The van der Waals surface area contributed by atoms with Crippen molar-refractivity contribution >= 4 is 76.4 Å². The Morgan fingerprint density at radius 3 is 1.92 bits per heavy atom. The zero-order valence-electron chi connectivity index (χ0n) is 73.6. The van der Waals surface area contributed by atoms with Gasteiger partial charge in [0, 0.05) is 53.8 Å². The number of halogens is 2. The minimum Gasteiger partial charge on any atom is -0.508 e. The van der Waals surface area contributed by atoms with Crippen LogP contribution in [0.3, 0.4) is 0 Å². The Kier molecular flexibility index (Phi) is 30.9. The molecule has 15 bridgehead atoms. The van der Waals surface area contributed by atoms with Crippen molar-refractivity contribution in [3.8, 4) is 62.9 Å². The van der Waals surface area contributed by atoms with Crippen LogP contribution in [-0.4, -0.2) is 237 Å². The molecule has 17 rings (SSSR count). The topological polar surface area (TPSA) is 568 Å². The molecule has 7 heterocycles. The van der Waals surface area contributed by atoms with Crippen molar-refractivity contribution in [2.45, 2.75) is 215 Å². The fourth-order valence-corrected chi connectivity index (χ4v) is 19.5. The van der Waals surface area contributed by atoms with E-state index in [2.05, 4.69) is 58.5 Å². The van der Waals surface area contributed by atoms with Gasteiger partial charge in [0.05, 0.1) is 54.5 Å². The van der Waals surface area contributed by atoms with Crippen LogP contribution in [0, 0.1) is 29.6 Å². The maximum absolute atomic E-state index is 16.8. The van der Waals surface area contributed by atoms with E-state index >= 15 is 33.6 Å². The number of fused-ring (bicyclic) bond motifs is 15. The summed E-state index contributed by atoms with van der Waals surface area (Å²) in [6.07, 6.45) is -14.7. The summed E-state index contributed by atoms with van der Waals surface area (Å²) in [7, 11) is 1.48. The van der Waals surface area contributed by atoms with Gasteiger partial charge in [0.1, 0.15) is 108 Å². The summed E-state index contributed by atoms with van der Waals surface area (Å²) in [5.41, 5.74) is 3.17. The van der Waals surface area contributed by atoms with Crippen molar-refractivity contribution in [1.82, 2.24) is 58.5 Å². The van der Waals surface area contributed by atoms with Crippen molar-refractivity contribution in [1.29, 1.82) is 0 Å². The molecule has 0 spiro atoms. The number of carbonyl (C=O) groups excluding carboxylic acids is 9. The van der Waals surface area contributed by atoms with Crippen LogP contribution in [0.25, 0.3) is 11.1 Å². The predicted molar refractivity (Wildman–Crippen MR) is 473 cm³/mol. The molecule has 7 aliphatic heterocycles. The van der Waals surface area contributed by atoms with Gasteiger partial charge >= 0.3 is 0 Å². The first kappa shape index (κ1) is 97.4. The fourth-order valence-electron chi connectivity index (χ4n) is 19.0. The van der Waals surface area contributed by atoms with E-state index in [1.807, 2.05) is 27.7 Å². The molecule has 0 unspecified atom stereocenters. The summed E-state index contributed by atoms with van der Waals surface area (Å²) in [5, 5.41) is 137. The molecule has 2 saturated heterocycles. The van der Waals surface area contributed by atoms with Gasteiger partial charge in [0.25, 0.3) is 5.91 Å². The third-order valence-electron chi connectivity index (χ3n) is 25.5. The first-order valence-corrected chi connectivity index (χ1v) is 45.1. The Morgan fingerprint density at radius 2 is 1.29 bits per heavy atom. The minimum atomic E-state index is -2.44. The van der Waals surface area contributed by atoms with E-state index in [1.165, 1.54) is 57.3 Å². The van der Waals surface area contributed by atoms with Gasteiger partial charge in [-0.3, -0.25) is 48.5 Å². The molecule has 38 nitrogen and oxygen atoms in total. The van der Waals surface area contributed by atoms with Gasteiger partial charge in [-0.05, 0) is 208 Å². The number of phenols is 3. The highest BCUT2D eigenvalue weighted by atomic mass is 35.5. The molecule has 0 radical (unpaired) electrons. The molecule has 9 amide bonds. The molecule has 40 heteroatoms. The second kappa shape index (κ2) is 41.9. The van der Waals surface area contributed by atoms with Crippen molar-refractivity contribution in [2.75, 3.05) is 53.0 Å². The third-order valence-corrected chi connectivity index (χ3v) is 26.1. The lowest BCUT2D eigenvalue weighted by molar-refractivity contribution is -0.333. The summed E-state index contributed by atoms with van der Waals surface area (Å²) in [5.74, 6) is -14.8. The van der Waals surface area contributed by atoms with Crippen LogP contribution in [0.15, 0.2) is 97.1 Å². The van der Waals surface area contributed by atoms with Crippen molar-refractivity contribution < 1.29 is 127 Å². The van der Waals surface area contributed by atoms with E-state index in [0.717, 1.165) is 86.7 Å². The molecule has 132 heavy (non-hydrogen) atoms.